The molecule has 0 aromatic carbocycles. The molecule has 0 aliphatic carbocycles. The van der Waals surface area contributed by atoms with Gasteiger partial charge in [-0.3, -0.25) is 0 Å². The van der Waals surface area contributed by atoms with Crippen LogP contribution in [0.3, 0.4) is 0 Å². The van der Waals surface area contributed by atoms with Crippen molar-refractivity contribution in [2.24, 2.45) is 0 Å². The molecule has 0 aliphatic heterocycles. The lowest BCUT2D eigenvalue weighted by molar-refractivity contribution is 0.182. The van der Waals surface area contributed by atoms with Gasteiger partial charge in [0.15, 0.2) is 0 Å². The van der Waals surface area contributed by atoms with Crippen LogP contribution in [-0.4, -0.2) is 29.7 Å². The van der Waals surface area contributed by atoms with Crippen LogP contribution >= 0.6 is 0 Å². The third-order valence-electron chi connectivity index (χ3n) is 2.59. The summed E-state index contributed by atoms with van der Waals surface area (Å²) in [6.45, 7) is 5.04. The Morgan fingerprint density at radius 3 is 2.76 bits per heavy atom. The second kappa shape index (κ2) is 8.01. The van der Waals surface area contributed by atoms with Gasteiger partial charge in [0.2, 0.25) is 0 Å². The summed E-state index contributed by atoms with van der Waals surface area (Å²) in [7, 11) is 1.73. The molecule has 4 nitrogen and oxygen atoms in total. The molecule has 0 aliphatic rings. The first-order chi connectivity index (χ1) is 8.30. The van der Waals surface area contributed by atoms with E-state index in [1.807, 2.05) is 6.07 Å². The molecule has 0 spiro atoms. The molecule has 1 N–H and O–H groups in total. The SMILES string of the molecule is CCCc1cc(NC(CCC)COC)ncn1. The van der Waals surface area contributed by atoms with Gasteiger partial charge in [0.1, 0.15) is 12.1 Å². The van der Waals surface area contributed by atoms with Gasteiger partial charge in [-0.1, -0.05) is 26.7 Å². The van der Waals surface area contributed by atoms with Crippen LogP contribution in [0, 0.1) is 0 Å². The van der Waals surface area contributed by atoms with E-state index < -0.39 is 0 Å². The fourth-order valence-electron chi connectivity index (χ4n) is 1.83. The van der Waals surface area contributed by atoms with Crippen LogP contribution in [-0.2, 0) is 11.2 Å². The Morgan fingerprint density at radius 2 is 2.12 bits per heavy atom. The van der Waals surface area contributed by atoms with E-state index in [-0.39, 0.29) is 0 Å². The average molecular weight is 237 g/mol. The molecule has 0 radical (unpaired) electrons. The summed E-state index contributed by atoms with van der Waals surface area (Å²) in [6.07, 6.45) is 5.95. The van der Waals surface area contributed by atoms with Gasteiger partial charge < -0.3 is 10.1 Å². The minimum Gasteiger partial charge on any atom is -0.383 e. The summed E-state index contributed by atoms with van der Waals surface area (Å²) in [6, 6.07) is 2.36. The van der Waals surface area contributed by atoms with E-state index >= 15 is 0 Å². The Morgan fingerprint density at radius 1 is 1.29 bits per heavy atom. The Balaban J connectivity index is 2.60. The van der Waals surface area contributed by atoms with E-state index in [9.17, 15) is 0 Å². The standard InChI is InChI=1S/C13H23N3O/c1-4-6-11-8-13(15-10-14-11)16-12(7-5-2)9-17-3/h8,10,12H,4-7,9H2,1-3H3,(H,14,15,16). The second-order valence-corrected chi connectivity index (χ2v) is 4.23. The highest BCUT2D eigenvalue weighted by Crippen LogP contribution is 2.10. The highest BCUT2D eigenvalue weighted by molar-refractivity contribution is 5.36. The average Bonchev–Trinajstić information content (AvgIpc) is 2.30. The summed E-state index contributed by atoms with van der Waals surface area (Å²) in [5, 5.41) is 3.40. The second-order valence-electron chi connectivity index (χ2n) is 4.23. The number of methoxy groups -OCH3 is 1. The zero-order chi connectivity index (χ0) is 12.5. The summed E-state index contributed by atoms with van der Waals surface area (Å²) in [5.41, 5.74) is 1.10. The van der Waals surface area contributed by atoms with Crippen molar-refractivity contribution >= 4 is 5.82 Å². The topological polar surface area (TPSA) is 47.0 Å². The molecule has 4 heteroatoms. The van der Waals surface area contributed by atoms with E-state index in [4.69, 9.17) is 4.74 Å². The first kappa shape index (κ1) is 13.9. The van der Waals surface area contributed by atoms with Crippen molar-refractivity contribution in [3.63, 3.8) is 0 Å². The van der Waals surface area contributed by atoms with E-state index in [2.05, 4.69) is 29.1 Å². The van der Waals surface area contributed by atoms with Crippen LogP contribution in [0.4, 0.5) is 5.82 Å². The molecule has 0 bridgehead atoms. The largest absolute Gasteiger partial charge is 0.383 e. The summed E-state index contributed by atoms with van der Waals surface area (Å²) in [4.78, 5) is 8.49. The number of ether oxygens (including phenoxy) is 1. The molecular formula is C13H23N3O. The molecule has 1 atom stereocenters. The fraction of sp³-hybridized carbons (Fsp3) is 0.692. The van der Waals surface area contributed by atoms with E-state index in [1.165, 1.54) is 0 Å². The highest BCUT2D eigenvalue weighted by atomic mass is 16.5. The molecule has 1 aromatic rings. The van der Waals surface area contributed by atoms with Crippen LogP contribution < -0.4 is 5.32 Å². The Kier molecular flexibility index (Phi) is 6.55. The normalized spacial score (nSPS) is 12.4. The van der Waals surface area contributed by atoms with Crippen LogP contribution in [0.2, 0.25) is 0 Å². The third-order valence-corrected chi connectivity index (χ3v) is 2.59. The molecule has 0 amide bonds. The van der Waals surface area contributed by atoms with Crippen LogP contribution in [0.25, 0.3) is 0 Å². The number of anilines is 1. The molecule has 0 saturated carbocycles. The first-order valence-electron chi connectivity index (χ1n) is 6.36. The monoisotopic (exact) mass is 237 g/mol. The van der Waals surface area contributed by atoms with E-state index in [0.717, 1.165) is 37.2 Å². The maximum Gasteiger partial charge on any atom is 0.129 e. The van der Waals surface area contributed by atoms with Crippen LogP contribution in [0.15, 0.2) is 12.4 Å². The van der Waals surface area contributed by atoms with E-state index in [0.29, 0.717) is 12.6 Å². The van der Waals surface area contributed by atoms with Gasteiger partial charge in [-0.2, -0.15) is 0 Å². The molecule has 96 valence electrons. The first-order valence-corrected chi connectivity index (χ1v) is 6.36. The van der Waals surface area contributed by atoms with Crippen molar-refractivity contribution < 1.29 is 4.74 Å². The number of hydrogen-bond donors (Lipinski definition) is 1. The molecular weight excluding hydrogens is 214 g/mol. The maximum atomic E-state index is 5.20. The van der Waals surface area contributed by atoms with Gasteiger partial charge in [-0.25, -0.2) is 9.97 Å². The van der Waals surface area contributed by atoms with E-state index in [1.54, 1.807) is 13.4 Å². The highest BCUT2D eigenvalue weighted by Gasteiger charge is 2.08. The van der Waals surface area contributed by atoms with Gasteiger partial charge in [-0.15, -0.1) is 0 Å². The Bertz CT molecular complexity index is 311. The van der Waals surface area contributed by atoms with Crippen molar-refractivity contribution in [2.45, 2.75) is 45.6 Å². The number of nitrogens with one attached hydrogen (secondary N) is 1. The Hall–Kier alpha value is -1.16. The maximum absolute atomic E-state index is 5.20. The van der Waals surface area contributed by atoms with Crippen molar-refractivity contribution in [1.29, 1.82) is 0 Å². The van der Waals surface area contributed by atoms with Crippen molar-refractivity contribution in [2.75, 3.05) is 19.0 Å². The number of rotatable bonds is 8. The van der Waals surface area contributed by atoms with Crippen LogP contribution in [0.1, 0.15) is 38.8 Å². The van der Waals surface area contributed by atoms with Gasteiger partial charge in [-0.05, 0) is 12.8 Å². The minimum absolute atomic E-state index is 0.328. The minimum atomic E-state index is 0.328. The number of hydrogen-bond acceptors (Lipinski definition) is 4. The zero-order valence-electron chi connectivity index (χ0n) is 11.1. The molecule has 0 saturated heterocycles. The fourth-order valence-corrected chi connectivity index (χ4v) is 1.83. The lowest BCUT2D eigenvalue weighted by atomic mass is 10.2. The molecule has 1 aromatic heterocycles. The smallest absolute Gasteiger partial charge is 0.129 e. The Labute approximate surface area is 104 Å². The van der Waals surface area contributed by atoms with Crippen molar-refractivity contribution in [3.8, 4) is 0 Å². The van der Waals surface area contributed by atoms with Gasteiger partial charge in [0.25, 0.3) is 0 Å². The lowest BCUT2D eigenvalue weighted by Gasteiger charge is -2.17. The zero-order valence-corrected chi connectivity index (χ0v) is 11.1. The molecule has 1 rings (SSSR count). The number of aromatic nitrogens is 2. The predicted octanol–water partition coefficient (Wildman–Crippen LogP) is 2.66. The number of nitrogens with zero attached hydrogens (tertiary/aromatic N) is 2. The predicted molar refractivity (Wildman–Crippen MR) is 70.2 cm³/mol. The number of aryl methyl sites for hydroxylation is 1. The van der Waals surface area contributed by atoms with Crippen molar-refractivity contribution in [1.82, 2.24) is 9.97 Å². The van der Waals surface area contributed by atoms with Crippen molar-refractivity contribution in [3.05, 3.63) is 18.1 Å². The summed E-state index contributed by atoms with van der Waals surface area (Å²) < 4.78 is 5.20. The molecule has 1 unspecified atom stereocenters. The quantitative estimate of drug-likeness (QED) is 0.755. The third kappa shape index (κ3) is 5.13. The van der Waals surface area contributed by atoms with Gasteiger partial charge in [0, 0.05) is 18.9 Å². The summed E-state index contributed by atoms with van der Waals surface area (Å²) in [5.74, 6) is 0.902. The molecule has 0 fully saturated rings. The summed E-state index contributed by atoms with van der Waals surface area (Å²) >= 11 is 0. The van der Waals surface area contributed by atoms with Crippen LogP contribution in [0.5, 0.6) is 0 Å². The molecule has 1 heterocycles. The van der Waals surface area contributed by atoms with Gasteiger partial charge >= 0.3 is 0 Å². The lowest BCUT2D eigenvalue weighted by Crippen LogP contribution is -2.25. The van der Waals surface area contributed by atoms with Gasteiger partial charge in [0.05, 0.1) is 12.6 Å². The molecule has 17 heavy (non-hydrogen) atoms.